The Bertz CT molecular complexity index is 469. The zero-order chi connectivity index (χ0) is 13.3. The van der Waals surface area contributed by atoms with E-state index in [0.29, 0.717) is 0 Å². The molecule has 0 saturated carbocycles. The number of rotatable bonds is 1. The summed E-state index contributed by atoms with van der Waals surface area (Å²) in [7, 11) is 0. The van der Waals surface area contributed by atoms with Crippen molar-refractivity contribution in [2.75, 3.05) is 23.7 Å². The number of nitrogen functional groups attached to an aromatic ring is 1. The van der Waals surface area contributed by atoms with Gasteiger partial charge in [-0.2, -0.15) is 0 Å². The fourth-order valence-electron chi connectivity index (χ4n) is 2.29. The lowest BCUT2D eigenvalue weighted by Gasteiger charge is -2.33. The van der Waals surface area contributed by atoms with Crippen molar-refractivity contribution in [3.63, 3.8) is 0 Å². The molecule has 98 valence electrons. The second-order valence-electron chi connectivity index (χ2n) is 6.02. The molecule has 0 bridgehead atoms. The molecule has 3 heteroatoms. The molecule has 1 aliphatic heterocycles. The largest absolute Gasteiger partial charge is 0.397 e. The number of pyridine rings is 1. The van der Waals surface area contributed by atoms with E-state index in [2.05, 4.69) is 36.7 Å². The second-order valence-corrected chi connectivity index (χ2v) is 6.02. The van der Waals surface area contributed by atoms with E-state index in [1.54, 1.807) is 5.57 Å². The molecule has 2 heterocycles. The summed E-state index contributed by atoms with van der Waals surface area (Å²) in [5, 5.41) is 0. The van der Waals surface area contributed by atoms with Crippen LogP contribution >= 0.6 is 0 Å². The number of aromatic nitrogens is 1. The third-order valence-corrected chi connectivity index (χ3v) is 3.61. The third-order valence-electron chi connectivity index (χ3n) is 3.61. The minimum atomic E-state index is 0.288. The number of hydrogen-bond acceptors (Lipinski definition) is 3. The van der Waals surface area contributed by atoms with Crippen molar-refractivity contribution in [3.8, 4) is 0 Å². The molecule has 0 unspecified atom stereocenters. The molecule has 2 rings (SSSR count). The lowest BCUT2D eigenvalue weighted by atomic mass is 9.83. The molecular formula is C15H23N3. The Morgan fingerprint density at radius 3 is 2.50 bits per heavy atom. The SMILES string of the molecule is Cc1nc(N2CC=C(C(C)(C)C)CC2)ccc1N. The molecule has 1 aliphatic rings. The van der Waals surface area contributed by atoms with E-state index in [4.69, 9.17) is 5.73 Å². The first-order valence-electron chi connectivity index (χ1n) is 6.55. The van der Waals surface area contributed by atoms with E-state index in [1.807, 2.05) is 19.1 Å². The quantitative estimate of drug-likeness (QED) is 0.773. The lowest BCUT2D eigenvalue weighted by molar-refractivity contribution is 0.472. The molecule has 0 aromatic carbocycles. The number of anilines is 2. The van der Waals surface area contributed by atoms with Gasteiger partial charge in [-0.25, -0.2) is 4.98 Å². The van der Waals surface area contributed by atoms with Gasteiger partial charge in [-0.15, -0.1) is 0 Å². The van der Waals surface area contributed by atoms with E-state index in [9.17, 15) is 0 Å². The average Bonchev–Trinajstić information content (AvgIpc) is 2.32. The maximum Gasteiger partial charge on any atom is 0.129 e. The Kier molecular flexibility index (Phi) is 3.33. The van der Waals surface area contributed by atoms with Crippen molar-refractivity contribution in [1.82, 2.24) is 4.98 Å². The summed E-state index contributed by atoms with van der Waals surface area (Å²) in [4.78, 5) is 6.86. The Morgan fingerprint density at radius 2 is 2.00 bits per heavy atom. The normalized spacial score (nSPS) is 16.7. The highest BCUT2D eigenvalue weighted by atomic mass is 15.2. The monoisotopic (exact) mass is 245 g/mol. The van der Waals surface area contributed by atoms with Gasteiger partial charge >= 0.3 is 0 Å². The maximum atomic E-state index is 5.80. The van der Waals surface area contributed by atoms with Gasteiger partial charge in [-0.05, 0) is 30.9 Å². The molecule has 3 nitrogen and oxygen atoms in total. The van der Waals surface area contributed by atoms with Crippen LogP contribution in [0.1, 0.15) is 32.9 Å². The van der Waals surface area contributed by atoms with Gasteiger partial charge in [-0.3, -0.25) is 0 Å². The maximum absolute atomic E-state index is 5.80. The molecule has 0 aliphatic carbocycles. The van der Waals surface area contributed by atoms with Crippen molar-refractivity contribution in [3.05, 3.63) is 29.5 Å². The van der Waals surface area contributed by atoms with E-state index in [-0.39, 0.29) is 5.41 Å². The molecule has 0 fully saturated rings. The molecule has 1 aromatic heterocycles. The number of hydrogen-bond donors (Lipinski definition) is 1. The summed E-state index contributed by atoms with van der Waals surface area (Å²) in [5.41, 5.74) is 9.32. The standard InChI is InChI=1S/C15H23N3/c1-11-13(16)5-6-14(17-11)18-9-7-12(8-10-18)15(2,3)4/h5-7H,8-10,16H2,1-4H3. The highest BCUT2D eigenvalue weighted by Crippen LogP contribution is 2.31. The highest BCUT2D eigenvalue weighted by Gasteiger charge is 2.21. The zero-order valence-corrected chi connectivity index (χ0v) is 11.8. The molecule has 0 saturated heterocycles. The minimum Gasteiger partial charge on any atom is -0.397 e. The van der Waals surface area contributed by atoms with Crippen molar-refractivity contribution >= 4 is 11.5 Å². The van der Waals surface area contributed by atoms with Crippen molar-refractivity contribution in [2.24, 2.45) is 5.41 Å². The van der Waals surface area contributed by atoms with Gasteiger partial charge in [0.15, 0.2) is 0 Å². The van der Waals surface area contributed by atoms with Crippen molar-refractivity contribution in [1.29, 1.82) is 0 Å². The predicted molar refractivity (Wildman–Crippen MR) is 77.8 cm³/mol. The summed E-state index contributed by atoms with van der Waals surface area (Å²) in [6.45, 7) is 10.8. The Labute approximate surface area is 110 Å². The van der Waals surface area contributed by atoms with E-state index in [0.717, 1.165) is 36.7 Å². The summed E-state index contributed by atoms with van der Waals surface area (Å²) in [5.74, 6) is 1.03. The van der Waals surface area contributed by atoms with Crippen LogP contribution in [0.3, 0.4) is 0 Å². The van der Waals surface area contributed by atoms with Crippen molar-refractivity contribution < 1.29 is 0 Å². The van der Waals surface area contributed by atoms with E-state index < -0.39 is 0 Å². The first kappa shape index (κ1) is 12.9. The van der Waals surface area contributed by atoms with Gasteiger partial charge in [-0.1, -0.05) is 32.4 Å². The number of aryl methyl sites for hydroxylation is 1. The van der Waals surface area contributed by atoms with Crippen LogP contribution in [0.5, 0.6) is 0 Å². The smallest absolute Gasteiger partial charge is 0.129 e. The topological polar surface area (TPSA) is 42.2 Å². The summed E-state index contributed by atoms with van der Waals surface area (Å²) in [6.07, 6.45) is 3.46. The molecule has 0 amide bonds. The summed E-state index contributed by atoms with van der Waals surface area (Å²) >= 11 is 0. The van der Waals surface area contributed by atoms with Gasteiger partial charge in [0.1, 0.15) is 5.82 Å². The molecule has 1 aromatic rings. The van der Waals surface area contributed by atoms with Crippen LogP contribution in [-0.2, 0) is 0 Å². The fraction of sp³-hybridized carbons (Fsp3) is 0.533. The molecule has 18 heavy (non-hydrogen) atoms. The molecule has 0 spiro atoms. The first-order valence-corrected chi connectivity index (χ1v) is 6.55. The fourth-order valence-corrected chi connectivity index (χ4v) is 2.29. The van der Waals surface area contributed by atoms with Crippen LogP contribution in [0.25, 0.3) is 0 Å². The lowest BCUT2D eigenvalue weighted by Crippen LogP contribution is -2.31. The Hall–Kier alpha value is -1.51. The van der Waals surface area contributed by atoms with Gasteiger partial charge in [0.2, 0.25) is 0 Å². The third kappa shape index (κ3) is 2.66. The second kappa shape index (κ2) is 4.63. The zero-order valence-electron chi connectivity index (χ0n) is 11.8. The van der Waals surface area contributed by atoms with Crippen LogP contribution in [-0.4, -0.2) is 18.1 Å². The minimum absolute atomic E-state index is 0.288. The van der Waals surface area contributed by atoms with Crippen LogP contribution in [0.4, 0.5) is 11.5 Å². The van der Waals surface area contributed by atoms with Gasteiger partial charge < -0.3 is 10.6 Å². The molecule has 0 atom stereocenters. The van der Waals surface area contributed by atoms with Crippen molar-refractivity contribution in [2.45, 2.75) is 34.1 Å². The van der Waals surface area contributed by atoms with Gasteiger partial charge in [0.25, 0.3) is 0 Å². The Balaban J connectivity index is 2.14. The summed E-state index contributed by atoms with van der Waals surface area (Å²) < 4.78 is 0. The molecular weight excluding hydrogens is 222 g/mol. The van der Waals surface area contributed by atoms with Gasteiger partial charge in [0, 0.05) is 13.1 Å². The molecule has 2 N–H and O–H groups in total. The average molecular weight is 245 g/mol. The first-order chi connectivity index (χ1) is 8.38. The van der Waals surface area contributed by atoms with Gasteiger partial charge in [0.05, 0.1) is 11.4 Å². The van der Waals surface area contributed by atoms with E-state index >= 15 is 0 Å². The Morgan fingerprint density at radius 1 is 1.28 bits per heavy atom. The number of nitrogens with zero attached hydrogens (tertiary/aromatic N) is 2. The van der Waals surface area contributed by atoms with Crippen LogP contribution in [0.2, 0.25) is 0 Å². The van der Waals surface area contributed by atoms with Crippen LogP contribution in [0.15, 0.2) is 23.8 Å². The van der Waals surface area contributed by atoms with E-state index in [1.165, 1.54) is 0 Å². The molecule has 0 radical (unpaired) electrons. The highest BCUT2D eigenvalue weighted by molar-refractivity contribution is 5.51. The predicted octanol–water partition coefficient (Wildman–Crippen LogP) is 3.15. The summed E-state index contributed by atoms with van der Waals surface area (Å²) in [6, 6.07) is 3.96. The van der Waals surface area contributed by atoms with Crippen LogP contribution in [0, 0.1) is 12.3 Å². The van der Waals surface area contributed by atoms with Crippen LogP contribution < -0.4 is 10.6 Å². The number of nitrogens with two attached hydrogens (primary N) is 1.